The van der Waals surface area contributed by atoms with Crippen LogP contribution in [-0.2, 0) is 4.79 Å². The number of carbonyl (C=O) groups is 1. The van der Waals surface area contributed by atoms with E-state index in [1.165, 1.54) is 17.8 Å². The van der Waals surface area contributed by atoms with Crippen LogP contribution in [0.1, 0.15) is 12.0 Å². The van der Waals surface area contributed by atoms with E-state index in [2.05, 4.69) is 20.8 Å². The van der Waals surface area contributed by atoms with Crippen molar-refractivity contribution < 1.29 is 9.18 Å². The maximum absolute atomic E-state index is 13.9. The van der Waals surface area contributed by atoms with Gasteiger partial charge in [0.2, 0.25) is 0 Å². The summed E-state index contributed by atoms with van der Waals surface area (Å²) in [6.07, 6.45) is 2.41. The lowest BCUT2D eigenvalue weighted by Crippen LogP contribution is -2.30. The van der Waals surface area contributed by atoms with Gasteiger partial charge in [-0.1, -0.05) is 46.0 Å². The molecule has 0 radical (unpaired) electrons. The van der Waals surface area contributed by atoms with Gasteiger partial charge in [0, 0.05) is 16.6 Å². The molecule has 1 aliphatic rings. The van der Waals surface area contributed by atoms with Crippen LogP contribution >= 0.6 is 39.9 Å². The van der Waals surface area contributed by atoms with Crippen molar-refractivity contribution in [2.24, 2.45) is 0 Å². The predicted molar refractivity (Wildman–Crippen MR) is 97.2 cm³/mol. The van der Waals surface area contributed by atoms with Crippen molar-refractivity contribution in [3.63, 3.8) is 0 Å². The number of amides is 1. The molecule has 118 valence electrons. The molecule has 7 heteroatoms. The smallest absolute Gasteiger partial charge is 0.266 e. The Morgan fingerprint density at radius 3 is 2.82 bits per heavy atom. The number of thioether (sulfide) groups is 1. The second-order valence-corrected chi connectivity index (χ2v) is 7.75. The Balaban J connectivity index is 2.11. The van der Waals surface area contributed by atoms with E-state index in [-0.39, 0.29) is 11.7 Å². The molecule has 0 atom stereocenters. The Bertz CT molecular complexity index is 634. The fraction of sp³-hybridized carbons (Fsp3) is 0.333. The van der Waals surface area contributed by atoms with Gasteiger partial charge in [0.25, 0.3) is 5.91 Å². The van der Waals surface area contributed by atoms with Crippen LogP contribution in [0.3, 0.4) is 0 Å². The fourth-order valence-corrected chi connectivity index (χ4v) is 3.63. The number of carbonyl (C=O) groups excluding carboxylic acids is 1. The number of rotatable bonds is 5. The predicted octanol–water partition coefficient (Wildman–Crippen LogP) is 3.74. The van der Waals surface area contributed by atoms with E-state index < -0.39 is 0 Å². The van der Waals surface area contributed by atoms with Gasteiger partial charge in [-0.3, -0.25) is 9.69 Å². The van der Waals surface area contributed by atoms with Crippen molar-refractivity contribution in [3.05, 3.63) is 39.0 Å². The molecule has 1 amide bonds. The highest BCUT2D eigenvalue weighted by atomic mass is 79.9. The zero-order valence-corrected chi connectivity index (χ0v) is 15.5. The molecule has 0 aromatic heterocycles. The van der Waals surface area contributed by atoms with E-state index in [4.69, 9.17) is 12.2 Å². The third-order valence-electron chi connectivity index (χ3n) is 3.11. The molecule has 0 N–H and O–H groups in total. The van der Waals surface area contributed by atoms with E-state index in [1.54, 1.807) is 23.1 Å². The standard InChI is InChI=1S/C15H16BrFN2OS2/c1-18(2)6-3-7-19-14(20)13(22-15(19)21)8-10-4-5-11(16)9-12(10)17/h4-5,8-9H,3,6-7H2,1-2H3/b13-8+. The maximum atomic E-state index is 13.9. The van der Waals surface area contributed by atoms with Gasteiger partial charge in [-0.15, -0.1) is 0 Å². The number of hydrogen-bond acceptors (Lipinski definition) is 4. The van der Waals surface area contributed by atoms with Crippen LogP contribution in [0.25, 0.3) is 6.08 Å². The van der Waals surface area contributed by atoms with Gasteiger partial charge in [0.15, 0.2) is 0 Å². The molecule has 1 aromatic carbocycles. The van der Waals surface area contributed by atoms with E-state index in [0.717, 1.165) is 13.0 Å². The van der Waals surface area contributed by atoms with Crippen LogP contribution in [0.4, 0.5) is 4.39 Å². The fourth-order valence-electron chi connectivity index (χ4n) is 2.00. The minimum absolute atomic E-state index is 0.143. The third kappa shape index (κ3) is 4.38. The van der Waals surface area contributed by atoms with Crippen molar-refractivity contribution in [2.75, 3.05) is 27.2 Å². The lowest BCUT2D eigenvalue weighted by molar-refractivity contribution is -0.122. The van der Waals surface area contributed by atoms with Gasteiger partial charge in [0.05, 0.1) is 4.91 Å². The minimum Gasteiger partial charge on any atom is -0.309 e. The topological polar surface area (TPSA) is 23.6 Å². The molecule has 0 saturated carbocycles. The van der Waals surface area contributed by atoms with Crippen molar-refractivity contribution in [3.8, 4) is 0 Å². The van der Waals surface area contributed by atoms with Crippen LogP contribution in [0.2, 0.25) is 0 Å². The van der Waals surface area contributed by atoms with E-state index in [9.17, 15) is 9.18 Å². The Kier molecular flexibility index (Phi) is 6.14. The molecule has 1 aromatic rings. The summed E-state index contributed by atoms with van der Waals surface area (Å²) in [7, 11) is 3.97. The zero-order valence-electron chi connectivity index (χ0n) is 12.3. The van der Waals surface area contributed by atoms with E-state index >= 15 is 0 Å². The Hall–Kier alpha value is -0.760. The molecule has 1 aliphatic heterocycles. The van der Waals surface area contributed by atoms with Crippen molar-refractivity contribution in [2.45, 2.75) is 6.42 Å². The molecular formula is C15H16BrFN2OS2. The molecule has 0 unspecified atom stereocenters. The Labute approximate surface area is 147 Å². The summed E-state index contributed by atoms with van der Waals surface area (Å²) in [5.41, 5.74) is 0.386. The molecule has 1 heterocycles. The zero-order chi connectivity index (χ0) is 16.3. The van der Waals surface area contributed by atoms with Crippen LogP contribution in [0.15, 0.2) is 27.6 Å². The maximum Gasteiger partial charge on any atom is 0.266 e. The molecule has 3 nitrogen and oxygen atoms in total. The average Bonchev–Trinajstić information content (AvgIpc) is 2.69. The van der Waals surface area contributed by atoms with E-state index in [1.807, 2.05) is 14.1 Å². The Morgan fingerprint density at radius 2 is 2.18 bits per heavy atom. The lowest BCUT2D eigenvalue weighted by atomic mass is 10.2. The van der Waals surface area contributed by atoms with Gasteiger partial charge in [-0.05, 0) is 45.3 Å². The van der Waals surface area contributed by atoms with Crippen molar-refractivity contribution >= 4 is 56.2 Å². The number of benzene rings is 1. The summed E-state index contributed by atoms with van der Waals surface area (Å²) in [5, 5.41) is 0. The second-order valence-electron chi connectivity index (χ2n) is 5.16. The number of thiocarbonyl (C=S) groups is 1. The molecular weight excluding hydrogens is 387 g/mol. The van der Waals surface area contributed by atoms with Crippen molar-refractivity contribution in [1.82, 2.24) is 9.80 Å². The van der Waals surface area contributed by atoms with Gasteiger partial charge < -0.3 is 4.90 Å². The summed E-state index contributed by atoms with van der Waals surface area (Å²) in [5.74, 6) is -0.511. The number of nitrogens with zero attached hydrogens (tertiary/aromatic N) is 2. The van der Waals surface area contributed by atoms with Gasteiger partial charge in [-0.2, -0.15) is 0 Å². The molecule has 2 rings (SSSR count). The second kappa shape index (κ2) is 7.68. The first-order valence-corrected chi connectivity index (χ1v) is 8.75. The summed E-state index contributed by atoms with van der Waals surface area (Å²) >= 11 is 9.70. The largest absolute Gasteiger partial charge is 0.309 e. The normalized spacial score (nSPS) is 17.1. The summed E-state index contributed by atoms with van der Waals surface area (Å²) < 4.78 is 15.1. The average molecular weight is 403 g/mol. The SMILES string of the molecule is CN(C)CCCN1C(=O)/C(=C\c2ccc(Br)cc2F)SC1=S. The minimum atomic E-state index is -0.368. The van der Waals surface area contributed by atoms with Crippen LogP contribution < -0.4 is 0 Å². The molecule has 0 spiro atoms. The first-order valence-electron chi connectivity index (χ1n) is 6.73. The highest BCUT2D eigenvalue weighted by molar-refractivity contribution is 9.10. The summed E-state index contributed by atoms with van der Waals surface area (Å²) in [6.45, 7) is 1.47. The first-order chi connectivity index (χ1) is 10.4. The molecule has 1 fully saturated rings. The van der Waals surface area contributed by atoms with Gasteiger partial charge in [0.1, 0.15) is 10.1 Å². The van der Waals surface area contributed by atoms with Crippen LogP contribution in [-0.4, -0.2) is 47.2 Å². The summed E-state index contributed by atoms with van der Waals surface area (Å²) in [6, 6.07) is 4.76. The van der Waals surface area contributed by atoms with Crippen LogP contribution in [0, 0.1) is 5.82 Å². The van der Waals surface area contributed by atoms with Gasteiger partial charge in [-0.25, -0.2) is 4.39 Å². The highest BCUT2D eigenvalue weighted by Crippen LogP contribution is 2.33. The van der Waals surface area contributed by atoms with Gasteiger partial charge >= 0.3 is 0 Å². The third-order valence-corrected chi connectivity index (χ3v) is 4.98. The quantitative estimate of drug-likeness (QED) is 0.552. The summed E-state index contributed by atoms with van der Waals surface area (Å²) in [4.78, 5) is 16.5. The first kappa shape index (κ1) is 17.6. The van der Waals surface area contributed by atoms with Crippen molar-refractivity contribution in [1.29, 1.82) is 0 Å². The van der Waals surface area contributed by atoms with E-state index in [0.29, 0.717) is 25.8 Å². The molecule has 0 bridgehead atoms. The monoisotopic (exact) mass is 402 g/mol. The molecule has 1 saturated heterocycles. The lowest BCUT2D eigenvalue weighted by Gasteiger charge is -2.16. The Morgan fingerprint density at radius 1 is 1.45 bits per heavy atom. The van der Waals surface area contributed by atoms with Crippen LogP contribution in [0.5, 0.6) is 0 Å². The molecule has 0 aliphatic carbocycles. The molecule has 22 heavy (non-hydrogen) atoms. The number of halogens is 2. The number of hydrogen-bond donors (Lipinski definition) is 0. The highest BCUT2D eigenvalue weighted by Gasteiger charge is 2.31.